The Kier molecular flexibility index (Phi) is 3.89. The molecule has 1 fully saturated rings. The summed E-state index contributed by atoms with van der Waals surface area (Å²) in [6.07, 6.45) is 4.21. The molecule has 0 spiro atoms. The molecule has 0 aromatic carbocycles. The molecule has 0 saturated heterocycles. The summed E-state index contributed by atoms with van der Waals surface area (Å²) in [5.74, 6) is 0.0680. The van der Waals surface area contributed by atoms with Gasteiger partial charge in [0.25, 0.3) is 5.91 Å². The van der Waals surface area contributed by atoms with Crippen LogP contribution in [0.4, 0.5) is 0 Å². The third-order valence-corrected chi connectivity index (χ3v) is 3.85. The molecule has 1 aliphatic rings. The van der Waals surface area contributed by atoms with Gasteiger partial charge in [0.2, 0.25) is 0 Å². The Balaban J connectivity index is 1.91. The van der Waals surface area contributed by atoms with E-state index >= 15 is 0 Å². The second-order valence-electron chi connectivity index (χ2n) is 4.65. The molecule has 1 amide bonds. The fourth-order valence-corrected chi connectivity index (χ4v) is 2.61. The maximum absolute atomic E-state index is 11.8. The first-order valence-corrected chi connectivity index (χ1v) is 6.59. The van der Waals surface area contributed by atoms with Crippen molar-refractivity contribution >= 4 is 21.8 Å². The van der Waals surface area contributed by atoms with Crippen molar-refractivity contribution in [1.82, 2.24) is 5.32 Å². The minimum atomic E-state index is -0.226. The van der Waals surface area contributed by atoms with Crippen molar-refractivity contribution < 1.29 is 14.3 Å². The summed E-state index contributed by atoms with van der Waals surface area (Å²) in [4.78, 5) is 11.8. The minimum Gasteiger partial charge on any atom is -0.444 e. The predicted molar refractivity (Wildman–Crippen MR) is 66.7 cm³/mol. The van der Waals surface area contributed by atoms with Crippen molar-refractivity contribution in [3.05, 3.63) is 22.6 Å². The van der Waals surface area contributed by atoms with Crippen LogP contribution in [0, 0.1) is 5.41 Å². The van der Waals surface area contributed by atoms with Gasteiger partial charge in [-0.05, 0) is 40.9 Å². The third kappa shape index (κ3) is 2.90. The second-order valence-corrected chi connectivity index (χ2v) is 5.43. The lowest BCUT2D eigenvalue weighted by Gasteiger charge is -2.26. The fourth-order valence-electron chi connectivity index (χ4n) is 2.31. The lowest BCUT2D eigenvalue weighted by molar-refractivity contribution is 0.0854. The Hall–Kier alpha value is -0.810. The topological polar surface area (TPSA) is 62.5 Å². The van der Waals surface area contributed by atoms with Crippen LogP contribution in [-0.2, 0) is 0 Å². The van der Waals surface area contributed by atoms with E-state index in [-0.39, 0.29) is 17.9 Å². The molecule has 0 radical (unpaired) electrons. The first kappa shape index (κ1) is 12.6. The lowest BCUT2D eigenvalue weighted by atomic mass is 9.87. The summed E-state index contributed by atoms with van der Waals surface area (Å²) in [5, 5.41) is 12.3. The van der Waals surface area contributed by atoms with E-state index in [0.717, 1.165) is 25.7 Å². The minimum absolute atomic E-state index is 0.126. The first-order chi connectivity index (χ1) is 8.15. The number of aliphatic hydroxyl groups excluding tert-OH is 1. The van der Waals surface area contributed by atoms with Gasteiger partial charge in [0.15, 0.2) is 10.4 Å². The molecule has 0 atom stereocenters. The highest BCUT2D eigenvalue weighted by molar-refractivity contribution is 9.10. The van der Waals surface area contributed by atoms with Crippen molar-refractivity contribution in [2.45, 2.75) is 25.7 Å². The molecule has 0 bridgehead atoms. The highest BCUT2D eigenvalue weighted by Crippen LogP contribution is 2.36. The van der Waals surface area contributed by atoms with E-state index in [9.17, 15) is 9.90 Å². The smallest absolute Gasteiger partial charge is 0.287 e. The Morgan fingerprint density at radius 3 is 2.71 bits per heavy atom. The number of hydrogen-bond acceptors (Lipinski definition) is 3. The summed E-state index contributed by atoms with van der Waals surface area (Å²) < 4.78 is 5.71. The van der Waals surface area contributed by atoms with Gasteiger partial charge >= 0.3 is 0 Å². The molecule has 0 aliphatic heterocycles. The number of carbonyl (C=O) groups is 1. The number of carbonyl (C=O) groups excluding carboxylic acids is 1. The highest BCUT2D eigenvalue weighted by atomic mass is 79.9. The van der Waals surface area contributed by atoms with Crippen LogP contribution in [0.5, 0.6) is 0 Å². The van der Waals surface area contributed by atoms with E-state index in [2.05, 4.69) is 21.2 Å². The van der Waals surface area contributed by atoms with Gasteiger partial charge in [-0.25, -0.2) is 0 Å². The van der Waals surface area contributed by atoms with Crippen LogP contribution in [0.15, 0.2) is 21.2 Å². The summed E-state index contributed by atoms with van der Waals surface area (Å²) >= 11 is 3.16. The summed E-state index contributed by atoms with van der Waals surface area (Å²) in [6, 6.07) is 3.31. The molecule has 1 aromatic rings. The molecular formula is C12H16BrNO3. The van der Waals surface area contributed by atoms with Crippen LogP contribution >= 0.6 is 15.9 Å². The molecule has 1 aromatic heterocycles. The van der Waals surface area contributed by atoms with Gasteiger partial charge in [-0.15, -0.1) is 0 Å². The van der Waals surface area contributed by atoms with Crippen LogP contribution in [0.3, 0.4) is 0 Å². The Bertz CT molecular complexity index is 396. The predicted octanol–water partition coefficient (Wildman–Crippen LogP) is 2.32. The molecule has 0 unspecified atom stereocenters. The molecule has 17 heavy (non-hydrogen) atoms. The van der Waals surface area contributed by atoms with E-state index in [1.165, 1.54) is 0 Å². The molecular weight excluding hydrogens is 286 g/mol. The van der Waals surface area contributed by atoms with Gasteiger partial charge < -0.3 is 14.8 Å². The lowest BCUT2D eigenvalue weighted by Crippen LogP contribution is -2.38. The number of aliphatic hydroxyl groups is 1. The van der Waals surface area contributed by atoms with Crippen LogP contribution in [0.25, 0.3) is 0 Å². The maximum Gasteiger partial charge on any atom is 0.287 e. The standard InChI is InChI=1S/C12H16BrNO3/c13-10-4-3-9(17-10)11(16)14-7-12(8-15)5-1-2-6-12/h3-4,15H,1-2,5-8H2,(H,14,16). The summed E-state index contributed by atoms with van der Waals surface area (Å²) in [5.41, 5.74) is -0.126. The Morgan fingerprint density at radius 2 is 2.18 bits per heavy atom. The van der Waals surface area contributed by atoms with Gasteiger partial charge in [0.05, 0.1) is 6.61 Å². The van der Waals surface area contributed by atoms with Gasteiger partial charge in [-0.1, -0.05) is 12.8 Å². The Morgan fingerprint density at radius 1 is 1.47 bits per heavy atom. The summed E-state index contributed by atoms with van der Waals surface area (Å²) in [6.45, 7) is 0.649. The number of rotatable bonds is 4. The number of hydrogen-bond donors (Lipinski definition) is 2. The SMILES string of the molecule is O=C(NCC1(CO)CCCC1)c1ccc(Br)o1. The van der Waals surface area contributed by atoms with E-state index < -0.39 is 0 Å². The zero-order valence-electron chi connectivity index (χ0n) is 9.54. The molecule has 2 N–H and O–H groups in total. The molecule has 4 nitrogen and oxygen atoms in total. The first-order valence-electron chi connectivity index (χ1n) is 5.80. The van der Waals surface area contributed by atoms with E-state index in [0.29, 0.717) is 17.0 Å². The number of halogens is 1. The van der Waals surface area contributed by atoms with E-state index in [1.807, 2.05) is 0 Å². The van der Waals surface area contributed by atoms with Crippen molar-refractivity contribution in [1.29, 1.82) is 0 Å². The maximum atomic E-state index is 11.8. The molecule has 5 heteroatoms. The van der Waals surface area contributed by atoms with Crippen LogP contribution in [-0.4, -0.2) is 24.2 Å². The van der Waals surface area contributed by atoms with Gasteiger partial charge in [0.1, 0.15) is 0 Å². The quantitative estimate of drug-likeness (QED) is 0.897. The summed E-state index contributed by atoms with van der Waals surface area (Å²) in [7, 11) is 0. The number of furan rings is 1. The van der Waals surface area contributed by atoms with Crippen molar-refractivity contribution in [2.75, 3.05) is 13.2 Å². The van der Waals surface area contributed by atoms with Gasteiger partial charge in [0, 0.05) is 12.0 Å². The average Bonchev–Trinajstić information content (AvgIpc) is 2.95. The van der Waals surface area contributed by atoms with Crippen molar-refractivity contribution in [2.24, 2.45) is 5.41 Å². The fraction of sp³-hybridized carbons (Fsp3) is 0.583. The second kappa shape index (κ2) is 5.23. The number of amides is 1. The largest absolute Gasteiger partial charge is 0.444 e. The monoisotopic (exact) mass is 301 g/mol. The Labute approximate surface area is 109 Å². The molecule has 2 rings (SSSR count). The third-order valence-electron chi connectivity index (χ3n) is 3.42. The number of nitrogens with one attached hydrogen (secondary N) is 1. The van der Waals surface area contributed by atoms with Crippen molar-refractivity contribution in [3.8, 4) is 0 Å². The average molecular weight is 302 g/mol. The van der Waals surface area contributed by atoms with Crippen LogP contribution in [0.2, 0.25) is 0 Å². The highest BCUT2D eigenvalue weighted by Gasteiger charge is 2.33. The van der Waals surface area contributed by atoms with Crippen LogP contribution in [0.1, 0.15) is 36.2 Å². The van der Waals surface area contributed by atoms with Gasteiger partial charge in [-0.3, -0.25) is 4.79 Å². The van der Waals surface area contributed by atoms with Crippen LogP contribution < -0.4 is 5.32 Å². The zero-order valence-corrected chi connectivity index (χ0v) is 11.1. The molecule has 1 heterocycles. The molecule has 1 saturated carbocycles. The molecule has 1 aliphatic carbocycles. The molecule has 94 valence electrons. The van der Waals surface area contributed by atoms with Crippen molar-refractivity contribution in [3.63, 3.8) is 0 Å². The zero-order chi connectivity index (χ0) is 12.3. The van der Waals surface area contributed by atoms with E-state index in [1.54, 1.807) is 12.1 Å². The normalized spacial score (nSPS) is 18.2. The van der Waals surface area contributed by atoms with Gasteiger partial charge in [-0.2, -0.15) is 0 Å². The van der Waals surface area contributed by atoms with E-state index in [4.69, 9.17) is 4.42 Å².